The molecule has 0 spiro atoms. The smallest absolute Gasteiger partial charge is 0.262 e. The molecule has 0 fully saturated rings. The van der Waals surface area contributed by atoms with Crippen molar-refractivity contribution in [3.05, 3.63) is 82.3 Å². The molecule has 2 N–H and O–H groups in total. The lowest BCUT2D eigenvalue weighted by molar-refractivity contribution is -0.118. The van der Waals surface area contributed by atoms with Gasteiger partial charge in [-0.25, -0.2) is 8.42 Å². The molecule has 0 aliphatic carbocycles. The third-order valence-electron chi connectivity index (χ3n) is 4.68. The second kappa shape index (κ2) is 11.4. The van der Waals surface area contributed by atoms with Gasteiger partial charge in [0.15, 0.2) is 6.61 Å². The lowest BCUT2D eigenvalue weighted by Crippen LogP contribution is -2.20. The van der Waals surface area contributed by atoms with Gasteiger partial charge in [0.1, 0.15) is 5.75 Å². The first kappa shape index (κ1) is 24.9. The molecule has 174 valence electrons. The van der Waals surface area contributed by atoms with Gasteiger partial charge in [0.2, 0.25) is 0 Å². The molecule has 1 amide bonds. The van der Waals surface area contributed by atoms with E-state index >= 15 is 0 Å². The summed E-state index contributed by atoms with van der Waals surface area (Å²) < 4.78 is 33.1. The minimum absolute atomic E-state index is 0.0264. The molecule has 0 aliphatic heterocycles. The molecule has 0 bridgehead atoms. The fourth-order valence-electron chi connectivity index (χ4n) is 3.02. The van der Waals surface area contributed by atoms with Crippen molar-refractivity contribution in [2.75, 3.05) is 16.6 Å². The van der Waals surface area contributed by atoms with Crippen molar-refractivity contribution < 1.29 is 17.9 Å². The Hall–Kier alpha value is -2.74. The Morgan fingerprint density at radius 3 is 2.15 bits per heavy atom. The first-order valence-electron chi connectivity index (χ1n) is 10.4. The van der Waals surface area contributed by atoms with E-state index in [0.717, 1.165) is 19.3 Å². The van der Waals surface area contributed by atoms with Crippen molar-refractivity contribution in [3.63, 3.8) is 0 Å². The van der Waals surface area contributed by atoms with Crippen LogP contribution in [-0.2, 0) is 21.2 Å². The van der Waals surface area contributed by atoms with Crippen LogP contribution in [0.5, 0.6) is 5.75 Å². The van der Waals surface area contributed by atoms with Gasteiger partial charge in [-0.3, -0.25) is 9.52 Å². The molecular formula is C24H24Cl2N2O4S. The van der Waals surface area contributed by atoms with E-state index in [2.05, 4.69) is 17.0 Å². The maximum Gasteiger partial charge on any atom is 0.262 e. The van der Waals surface area contributed by atoms with Crippen LogP contribution in [0.4, 0.5) is 11.4 Å². The van der Waals surface area contributed by atoms with Crippen molar-refractivity contribution in [1.82, 2.24) is 0 Å². The number of anilines is 2. The number of carbonyl (C=O) groups is 1. The highest BCUT2D eigenvalue weighted by Crippen LogP contribution is 2.25. The van der Waals surface area contributed by atoms with Gasteiger partial charge in [0.05, 0.1) is 10.6 Å². The van der Waals surface area contributed by atoms with Crippen molar-refractivity contribution in [2.24, 2.45) is 0 Å². The largest absolute Gasteiger partial charge is 0.484 e. The van der Waals surface area contributed by atoms with Crippen molar-refractivity contribution in [2.45, 2.75) is 31.1 Å². The molecule has 0 unspecified atom stereocenters. The molecule has 0 atom stereocenters. The number of amides is 1. The molecule has 6 nitrogen and oxygen atoms in total. The minimum Gasteiger partial charge on any atom is -0.484 e. The van der Waals surface area contributed by atoms with E-state index in [0.29, 0.717) is 21.5 Å². The van der Waals surface area contributed by atoms with Crippen LogP contribution in [0.25, 0.3) is 0 Å². The van der Waals surface area contributed by atoms with Crippen LogP contribution in [-0.4, -0.2) is 20.9 Å². The molecule has 0 saturated heterocycles. The first-order valence-corrected chi connectivity index (χ1v) is 12.6. The highest BCUT2D eigenvalue weighted by atomic mass is 35.5. The Balaban J connectivity index is 1.54. The molecule has 0 radical (unpaired) electrons. The van der Waals surface area contributed by atoms with Gasteiger partial charge in [0, 0.05) is 15.7 Å². The van der Waals surface area contributed by atoms with Crippen LogP contribution in [0.3, 0.4) is 0 Å². The number of nitrogens with one attached hydrogen (secondary N) is 2. The van der Waals surface area contributed by atoms with Gasteiger partial charge in [-0.15, -0.1) is 0 Å². The first-order chi connectivity index (χ1) is 15.7. The van der Waals surface area contributed by atoms with E-state index in [1.54, 1.807) is 0 Å². The maximum atomic E-state index is 12.6. The van der Waals surface area contributed by atoms with Crippen LogP contribution >= 0.6 is 23.2 Å². The Morgan fingerprint density at radius 1 is 0.909 bits per heavy atom. The van der Waals surface area contributed by atoms with Crippen LogP contribution in [0.15, 0.2) is 71.6 Å². The number of halogens is 2. The van der Waals surface area contributed by atoms with E-state index in [1.165, 1.54) is 48.0 Å². The summed E-state index contributed by atoms with van der Waals surface area (Å²) in [4.78, 5) is 12.2. The highest BCUT2D eigenvalue weighted by Gasteiger charge is 2.15. The third-order valence-corrected chi connectivity index (χ3v) is 6.51. The summed E-state index contributed by atoms with van der Waals surface area (Å²) >= 11 is 11.8. The molecule has 0 aromatic heterocycles. The maximum absolute atomic E-state index is 12.6. The average molecular weight is 507 g/mol. The zero-order valence-electron chi connectivity index (χ0n) is 18.0. The van der Waals surface area contributed by atoms with Crippen molar-refractivity contribution in [3.8, 4) is 5.75 Å². The number of sulfonamides is 1. The molecule has 0 aliphatic rings. The van der Waals surface area contributed by atoms with Gasteiger partial charge in [-0.05, 0) is 73.0 Å². The number of carbonyl (C=O) groups excluding carboxylic acids is 1. The summed E-state index contributed by atoms with van der Waals surface area (Å²) in [6.45, 7) is 1.94. The van der Waals surface area contributed by atoms with Crippen LogP contribution in [0.2, 0.25) is 10.0 Å². The number of aryl methyl sites for hydroxylation is 1. The molecule has 3 aromatic rings. The molecule has 3 aromatic carbocycles. The lowest BCUT2D eigenvalue weighted by atomic mass is 10.1. The minimum atomic E-state index is -3.85. The number of ether oxygens (including phenoxy) is 1. The van der Waals surface area contributed by atoms with Gasteiger partial charge >= 0.3 is 0 Å². The van der Waals surface area contributed by atoms with Gasteiger partial charge in [-0.2, -0.15) is 0 Å². The second-order valence-electron chi connectivity index (χ2n) is 7.37. The van der Waals surface area contributed by atoms with Crippen molar-refractivity contribution in [1.29, 1.82) is 0 Å². The number of rotatable bonds is 10. The summed E-state index contributed by atoms with van der Waals surface area (Å²) in [7, 11) is -3.85. The van der Waals surface area contributed by atoms with E-state index in [4.69, 9.17) is 27.9 Å². The lowest BCUT2D eigenvalue weighted by Gasteiger charge is -2.11. The van der Waals surface area contributed by atoms with E-state index in [1.807, 2.05) is 24.3 Å². The quantitative estimate of drug-likeness (QED) is 0.345. The average Bonchev–Trinajstić information content (AvgIpc) is 2.76. The van der Waals surface area contributed by atoms with Gasteiger partial charge < -0.3 is 10.1 Å². The monoisotopic (exact) mass is 506 g/mol. The predicted octanol–water partition coefficient (Wildman–Crippen LogP) is 6.15. The number of unbranched alkanes of at least 4 members (excludes halogenated alkanes) is 1. The summed E-state index contributed by atoms with van der Waals surface area (Å²) in [6.07, 6.45) is 3.28. The topological polar surface area (TPSA) is 84.5 Å². The normalized spacial score (nSPS) is 11.1. The number of hydrogen-bond donors (Lipinski definition) is 2. The third kappa shape index (κ3) is 7.67. The summed E-state index contributed by atoms with van der Waals surface area (Å²) in [6, 6.07) is 17.9. The zero-order valence-corrected chi connectivity index (χ0v) is 20.3. The predicted molar refractivity (Wildman–Crippen MR) is 133 cm³/mol. The molecule has 9 heteroatoms. The Kier molecular flexibility index (Phi) is 8.61. The van der Waals surface area contributed by atoms with E-state index < -0.39 is 10.0 Å². The summed E-state index contributed by atoms with van der Waals surface area (Å²) in [5, 5.41) is 3.41. The molecule has 0 saturated carbocycles. The van der Waals surface area contributed by atoms with Crippen LogP contribution < -0.4 is 14.8 Å². The molecule has 33 heavy (non-hydrogen) atoms. The number of benzene rings is 3. The van der Waals surface area contributed by atoms with E-state index in [-0.39, 0.29) is 23.1 Å². The Labute approximate surface area is 203 Å². The second-order valence-corrected chi connectivity index (χ2v) is 9.93. The summed E-state index contributed by atoms with van der Waals surface area (Å²) in [5.41, 5.74) is 2.18. The van der Waals surface area contributed by atoms with E-state index in [9.17, 15) is 13.2 Å². The SMILES string of the molecule is CCCCc1ccc(NC(=O)COc2ccc(S(=O)(=O)Nc3cc(Cl)cc(Cl)c3)cc2)cc1. The standard InChI is InChI=1S/C24H24Cl2N2O4S/c1-2-3-4-17-5-7-20(8-6-17)27-24(29)16-32-22-9-11-23(12-10-22)33(30,31)28-21-14-18(25)13-19(26)15-21/h5-15,28H,2-4,16H2,1H3,(H,27,29). The molecule has 3 rings (SSSR count). The molecule has 0 heterocycles. The summed E-state index contributed by atoms with van der Waals surface area (Å²) in [5.74, 6) is 0.0531. The Bertz CT molecular complexity index is 1180. The fourth-order valence-corrected chi connectivity index (χ4v) is 4.59. The van der Waals surface area contributed by atoms with Crippen molar-refractivity contribution >= 4 is 50.5 Å². The highest BCUT2D eigenvalue weighted by molar-refractivity contribution is 7.92. The van der Waals surface area contributed by atoms with Gasteiger partial charge in [-0.1, -0.05) is 48.7 Å². The van der Waals surface area contributed by atoms with Gasteiger partial charge in [0.25, 0.3) is 15.9 Å². The Morgan fingerprint density at radius 2 is 1.55 bits per heavy atom. The molecular weight excluding hydrogens is 483 g/mol. The zero-order chi connectivity index (χ0) is 23.8. The van der Waals surface area contributed by atoms with Crippen LogP contribution in [0.1, 0.15) is 25.3 Å². The van der Waals surface area contributed by atoms with Crippen LogP contribution in [0, 0.1) is 0 Å². The fraction of sp³-hybridized carbons (Fsp3) is 0.208. The number of hydrogen-bond acceptors (Lipinski definition) is 4.